The van der Waals surface area contributed by atoms with Crippen LogP contribution in [0.25, 0.3) is 0 Å². The van der Waals surface area contributed by atoms with E-state index in [4.69, 9.17) is 0 Å². The molecule has 5 heteroatoms. The number of aliphatic imine (C=N–C) groups is 1. The topological polar surface area (TPSA) is 24.4 Å². The van der Waals surface area contributed by atoms with Crippen molar-refractivity contribution in [2.24, 2.45) is 4.99 Å². The largest absolute Gasteiger partial charge is 0.342 e. The average Bonchev–Trinajstić information content (AvgIpc) is 2.72. The van der Waals surface area contributed by atoms with Gasteiger partial charge in [0.25, 0.3) is 0 Å². The van der Waals surface area contributed by atoms with Crippen molar-refractivity contribution in [1.29, 1.82) is 0 Å². The van der Waals surface area contributed by atoms with E-state index < -0.39 is 17.5 Å². The molecule has 0 fully saturated rings. The Bertz CT molecular complexity index is 415. The molecule has 0 saturated heterocycles. The summed E-state index contributed by atoms with van der Waals surface area (Å²) in [6.07, 6.45) is 1.60. The zero-order valence-electron chi connectivity index (χ0n) is 7.86. The number of rotatable bonds is 1. The smallest absolute Gasteiger partial charge is 0.196 e. The van der Waals surface area contributed by atoms with E-state index in [9.17, 15) is 13.2 Å². The van der Waals surface area contributed by atoms with Gasteiger partial charge < -0.3 is 5.32 Å². The second kappa shape index (κ2) is 3.92. The maximum atomic E-state index is 13.2. The summed E-state index contributed by atoms with van der Waals surface area (Å²) < 4.78 is 38.6. The highest BCUT2D eigenvalue weighted by atomic mass is 19.2. The number of hydrogen-bond donors (Lipinski definition) is 1. The third kappa shape index (κ3) is 1.95. The Labute approximate surface area is 84.8 Å². The van der Waals surface area contributed by atoms with Gasteiger partial charge in [0.15, 0.2) is 17.5 Å². The summed E-state index contributed by atoms with van der Waals surface area (Å²) in [7, 11) is 0. The minimum absolute atomic E-state index is 0.0745. The number of benzene rings is 1. The third-order valence-corrected chi connectivity index (χ3v) is 2.19. The van der Waals surface area contributed by atoms with Crippen LogP contribution in [-0.4, -0.2) is 12.4 Å². The van der Waals surface area contributed by atoms with Crippen molar-refractivity contribution >= 4 is 11.5 Å². The monoisotopic (exact) mass is 214 g/mol. The Balaban J connectivity index is 2.25. The summed E-state index contributed by atoms with van der Waals surface area (Å²) in [5, 5.41) is 2.65. The van der Waals surface area contributed by atoms with Crippen LogP contribution in [0, 0.1) is 17.5 Å². The van der Waals surface area contributed by atoms with Gasteiger partial charge in [-0.15, -0.1) is 0 Å². The van der Waals surface area contributed by atoms with E-state index in [1.807, 2.05) is 0 Å². The summed E-state index contributed by atoms with van der Waals surface area (Å²) in [4.78, 5) is 4.05. The van der Waals surface area contributed by atoms with E-state index in [1.165, 1.54) is 0 Å². The molecule has 0 radical (unpaired) electrons. The molecule has 0 atom stereocenters. The molecule has 2 rings (SSSR count). The molecule has 0 spiro atoms. The van der Waals surface area contributed by atoms with Crippen LogP contribution in [0.3, 0.4) is 0 Å². The highest BCUT2D eigenvalue weighted by Crippen LogP contribution is 2.20. The fourth-order valence-corrected chi connectivity index (χ4v) is 1.42. The second-order valence-electron chi connectivity index (χ2n) is 3.28. The maximum Gasteiger partial charge on any atom is 0.196 e. The van der Waals surface area contributed by atoms with Crippen molar-refractivity contribution in [2.45, 2.75) is 12.8 Å². The van der Waals surface area contributed by atoms with Crippen LogP contribution in [0.4, 0.5) is 18.9 Å². The first-order valence-electron chi connectivity index (χ1n) is 4.62. The summed E-state index contributed by atoms with van der Waals surface area (Å²) in [6.45, 7) is 0.688. The normalized spacial score (nSPS) is 15.3. The minimum Gasteiger partial charge on any atom is -0.342 e. The highest BCUT2D eigenvalue weighted by Gasteiger charge is 2.15. The Kier molecular flexibility index (Phi) is 2.62. The third-order valence-electron chi connectivity index (χ3n) is 2.19. The first-order chi connectivity index (χ1) is 7.18. The molecular formula is C10H9F3N2. The standard InChI is InChI=1S/C10H9F3N2/c11-6-3-4-7(10(13)9(6)12)15-8-2-1-5-14-8/h3-4H,1-2,5H2,(H,14,15). The summed E-state index contributed by atoms with van der Waals surface area (Å²) >= 11 is 0. The number of nitrogens with one attached hydrogen (secondary N) is 1. The molecule has 1 aliphatic heterocycles. The van der Waals surface area contributed by atoms with Gasteiger partial charge in [-0.2, -0.15) is 0 Å². The van der Waals surface area contributed by atoms with Crippen molar-refractivity contribution in [3.05, 3.63) is 29.6 Å². The van der Waals surface area contributed by atoms with Crippen LogP contribution in [-0.2, 0) is 0 Å². The van der Waals surface area contributed by atoms with E-state index in [-0.39, 0.29) is 5.69 Å². The summed E-state index contributed by atoms with van der Waals surface area (Å²) in [6, 6.07) is 2.05. The zero-order valence-corrected chi connectivity index (χ0v) is 7.86. The lowest BCUT2D eigenvalue weighted by Crippen LogP contribution is -2.10. The van der Waals surface area contributed by atoms with Crippen molar-refractivity contribution < 1.29 is 13.2 Å². The Morgan fingerprint density at radius 1 is 1.13 bits per heavy atom. The molecule has 15 heavy (non-hydrogen) atoms. The van der Waals surface area contributed by atoms with Crippen molar-refractivity contribution in [1.82, 2.24) is 0 Å². The average molecular weight is 214 g/mol. The molecule has 1 aromatic carbocycles. The number of amidine groups is 1. The predicted molar refractivity (Wildman–Crippen MR) is 51.5 cm³/mol. The van der Waals surface area contributed by atoms with Crippen LogP contribution < -0.4 is 5.32 Å². The van der Waals surface area contributed by atoms with Crippen LogP contribution in [0.5, 0.6) is 0 Å². The molecule has 2 nitrogen and oxygen atoms in total. The molecule has 0 amide bonds. The fraction of sp³-hybridized carbons (Fsp3) is 0.300. The van der Waals surface area contributed by atoms with Gasteiger partial charge in [-0.1, -0.05) is 0 Å². The van der Waals surface area contributed by atoms with Crippen molar-refractivity contribution in [2.75, 3.05) is 11.9 Å². The lowest BCUT2D eigenvalue weighted by atomic mass is 10.2. The molecule has 80 valence electrons. The van der Waals surface area contributed by atoms with Gasteiger partial charge in [-0.05, 0) is 18.6 Å². The Hall–Kier alpha value is -1.52. The van der Waals surface area contributed by atoms with Crippen molar-refractivity contribution in [3.8, 4) is 0 Å². The van der Waals surface area contributed by atoms with E-state index in [2.05, 4.69) is 10.3 Å². The van der Waals surface area contributed by atoms with Crippen LogP contribution in [0.1, 0.15) is 12.8 Å². The van der Waals surface area contributed by atoms with Crippen LogP contribution >= 0.6 is 0 Å². The van der Waals surface area contributed by atoms with Crippen molar-refractivity contribution in [3.63, 3.8) is 0 Å². The number of nitrogens with zero attached hydrogens (tertiary/aromatic N) is 1. The highest BCUT2D eigenvalue weighted by molar-refractivity contribution is 5.96. The first kappa shape index (κ1) is 10.0. The molecule has 0 saturated carbocycles. The minimum atomic E-state index is -1.46. The predicted octanol–water partition coefficient (Wildman–Crippen LogP) is 2.71. The second-order valence-corrected chi connectivity index (χ2v) is 3.28. The number of anilines is 1. The first-order valence-corrected chi connectivity index (χ1v) is 4.62. The van der Waals surface area contributed by atoms with Gasteiger partial charge in [0.2, 0.25) is 0 Å². The van der Waals surface area contributed by atoms with Gasteiger partial charge in [-0.3, -0.25) is 4.99 Å². The van der Waals surface area contributed by atoms with Gasteiger partial charge >= 0.3 is 0 Å². The number of halogens is 3. The molecule has 1 aromatic rings. The molecule has 0 aliphatic carbocycles. The summed E-state index contributed by atoms with van der Waals surface area (Å²) in [5.74, 6) is -3.24. The lowest BCUT2D eigenvalue weighted by Gasteiger charge is -2.07. The molecular weight excluding hydrogens is 205 g/mol. The van der Waals surface area contributed by atoms with E-state index in [1.54, 1.807) is 0 Å². The quantitative estimate of drug-likeness (QED) is 0.714. The summed E-state index contributed by atoms with van der Waals surface area (Å²) in [5.41, 5.74) is -0.0745. The maximum absolute atomic E-state index is 13.2. The molecule has 1 N–H and O–H groups in total. The zero-order chi connectivity index (χ0) is 10.8. The van der Waals surface area contributed by atoms with E-state index in [0.717, 1.165) is 18.6 Å². The van der Waals surface area contributed by atoms with Gasteiger partial charge in [0.1, 0.15) is 5.84 Å². The van der Waals surface area contributed by atoms with Gasteiger partial charge in [0, 0.05) is 13.0 Å². The lowest BCUT2D eigenvalue weighted by molar-refractivity contribution is 0.449. The molecule has 1 aliphatic rings. The fourth-order valence-electron chi connectivity index (χ4n) is 1.42. The Morgan fingerprint density at radius 2 is 1.93 bits per heavy atom. The molecule has 0 bridgehead atoms. The van der Waals surface area contributed by atoms with E-state index >= 15 is 0 Å². The van der Waals surface area contributed by atoms with Crippen LogP contribution in [0.15, 0.2) is 17.1 Å². The molecule has 1 heterocycles. The van der Waals surface area contributed by atoms with E-state index in [0.29, 0.717) is 18.8 Å². The molecule has 0 unspecified atom stereocenters. The van der Waals surface area contributed by atoms with Gasteiger partial charge in [-0.25, -0.2) is 13.2 Å². The van der Waals surface area contributed by atoms with Crippen LogP contribution in [0.2, 0.25) is 0 Å². The Morgan fingerprint density at radius 3 is 2.60 bits per heavy atom. The molecule has 0 aromatic heterocycles. The SMILES string of the molecule is Fc1ccc(NC2=NCCC2)c(F)c1F. The van der Waals surface area contributed by atoms with Gasteiger partial charge in [0.05, 0.1) is 5.69 Å². The number of hydrogen-bond acceptors (Lipinski definition) is 2.